The van der Waals surface area contributed by atoms with Crippen molar-refractivity contribution < 1.29 is 14.3 Å². The number of thioether (sulfide) groups is 1. The Bertz CT molecular complexity index is 457. The van der Waals surface area contributed by atoms with Crippen LogP contribution in [0.3, 0.4) is 0 Å². The molecule has 0 unspecified atom stereocenters. The Morgan fingerprint density at radius 2 is 1.86 bits per heavy atom. The van der Waals surface area contributed by atoms with Crippen LogP contribution in [0.4, 0.5) is 0 Å². The summed E-state index contributed by atoms with van der Waals surface area (Å²) in [6.07, 6.45) is 0. The summed E-state index contributed by atoms with van der Waals surface area (Å²) in [6.45, 7) is 5.09. The van der Waals surface area contributed by atoms with Crippen molar-refractivity contribution in [2.75, 3.05) is 39.3 Å². The van der Waals surface area contributed by atoms with Crippen LogP contribution in [-0.2, 0) is 9.53 Å². The summed E-state index contributed by atoms with van der Waals surface area (Å²) in [7, 11) is 5.16. The van der Waals surface area contributed by atoms with Gasteiger partial charge in [0.05, 0.1) is 20.0 Å². The lowest BCUT2D eigenvalue weighted by Crippen LogP contribution is -2.14. The Hall–Kier alpha value is -0.850. The molecule has 0 aliphatic rings. The van der Waals surface area contributed by atoms with Crippen molar-refractivity contribution in [1.29, 1.82) is 0 Å². The average molecular weight is 329 g/mol. The van der Waals surface area contributed by atoms with Crippen molar-refractivity contribution in [2.45, 2.75) is 18.7 Å². The average Bonchev–Trinajstić information content (AvgIpc) is 2.46. The second kappa shape index (κ2) is 9.23. The molecule has 0 bridgehead atoms. The Labute approximate surface area is 135 Å². The number of carbonyl (C=O) groups is 1. The fraction of sp³-hybridized carbons (Fsp3) is 0.533. The van der Waals surface area contributed by atoms with E-state index < -0.39 is 0 Å². The summed E-state index contributed by atoms with van der Waals surface area (Å²) in [5.74, 6) is 2.03. The SMILES string of the molecule is COC(=O)CSCCN(C)Sc1c(C)cc(OC)cc1C. The molecule has 0 spiro atoms. The van der Waals surface area contributed by atoms with E-state index in [-0.39, 0.29) is 5.97 Å². The van der Waals surface area contributed by atoms with Gasteiger partial charge in [-0.15, -0.1) is 11.8 Å². The Balaban J connectivity index is 2.48. The van der Waals surface area contributed by atoms with Crippen molar-refractivity contribution in [2.24, 2.45) is 0 Å². The molecule has 1 aromatic carbocycles. The first kappa shape index (κ1) is 18.2. The van der Waals surface area contributed by atoms with Crippen molar-refractivity contribution in [3.8, 4) is 5.75 Å². The molecule has 0 saturated carbocycles. The van der Waals surface area contributed by atoms with E-state index >= 15 is 0 Å². The zero-order valence-corrected chi connectivity index (χ0v) is 14.9. The first-order valence-corrected chi connectivity index (χ1v) is 8.59. The van der Waals surface area contributed by atoms with Gasteiger partial charge in [0.1, 0.15) is 5.75 Å². The smallest absolute Gasteiger partial charge is 0.315 e. The zero-order valence-electron chi connectivity index (χ0n) is 13.3. The van der Waals surface area contributed by atoms with E-state index in [1.807, 2.05) is 0 Å². The Morgan fingerprint density at radius 1 is 1.24 bits per heavy atom. The highest BCUT2D eigenvalue weighted by Crippen LogP contribution is 2.31. The highest BCUT2D eigenvalue weighted by atomic mass is 32.2. The summed E-state index contributed by atoms with van der Waals surface area (Å²) in [6, 6.07) is 4.10. The molecule has 1 rings (SSSR count). The number of ether oxygens (including phenoxy) is 2. The summed E-state index contributed by atoms with van der Waals surface area (Å²) in [4.78, 5) is 12.3. The second-order valence-electron chi connectivity index (χ2n) is 4.66. The summed E-state index contributed by atoms with van der Waals surface area (Å²) in [5, 5.41) is 0. The number of esters is 1. The molecule has 0 fully saturated rings. The van der Waals surface area contributed by atoms with Crippen molar-refractivity contribution in [1.82, 2.24) is 4.31 Å². The predicted molar refractivity (Wildman–Crippen MR) is 90.3 cm³/mol. The normalized spacial score (nSPS) is 10.8. The number of carbonyl (C=O) groups excluding carboxylic acids is 1. The topological polar surface area (TPSA) is 38.8 Å². The molecule has 1 aromatic rings. The molecule has 0 atom stereocenters. The van der Waals surface area contributed by atoms with Gasteiger partial charge in [-0.3, -0.25) is 4.79 Å². The van der Waals surface area contributed by atoms with E-state index in [1.165, 1.54) is 23.1 Å². The van der Waals surface area contributed by atoms with Gasteiger partial charge in [-0.25, -0.2) is 4.31 Å². The first-order chi connectivity index (χ1) is 9.97. The highest BCUT2D eigenvalue weighted by Gasteiger charge is 2.10. The fourth-order valence-corrected chi connectivity index (χ4v) is 3.63. The maximum atomic E-state index is 11.0. The van der Waals surface area contributed by atoms with Gasteiger partial charge in [-0.1, -0.05) is 0 Å². The maximum Gasteiger partial charge on any atom is 0.315 e. The molecule has 0 aliphatic carbocycles. The minimum atomic E-state index is -0.169. The van der Waals surface area contributed by atoms with Gasteiger partial charge in [0.15, 0.2) is 0 Å². The maximum absolute atomic E-state index is 11.0. The number of aryl methyl sites for hydroxylation is 2. The van der Waals surface area contributed by atoms with Crippen LogP contribution in [0.15, 0.2) is 17.0 Å². The third-order valence-corrected chi connectivity index (χ3v) is 5.15. The molecule has 0 aliphatic heterocycles. The minimum Gasteiger partial charge on any atom is -0.497 e. The van der Waals surface area contributed by atoms with Crippen LogP contribution in [0.1, 0.15) is 11.1 Å². The van der Waals surface area contributed by atoms with Crippen molar-refractivity contribution in [3.05, 3.63) is 23.3 Å². The lowest BCUT2D eigenvalue weighted by molar-refractivity contribution is -0.137. The molecule has 0 heterocycles. The Morgan fingerprint density at radius 3 is 2.38 bits per heavy atom. The number of hydrogen-bond donors (Lipinski definition) is 0. The fourth-order valence-electron chi connectivity index (χ4n) is 1.78. The predicted octanol–water partition coefficient (Wildman–Crippen LogP) is 3.16. The third kappa shape index (κ3) is 6.20. The number of benzene rings is 1. The van der Waals surface area contributed by atoms with E-state index in [9.17, 15) is 4.79 Å². The van der Waals surface area contributed by atoms with Gasteiger partial charge in [0, 0.05) is 17.2 Å². The molecule has 21 heavy (non-hydrogen) atoms. The lowest BCUT2D eigenvalue weighted by atomic mass is 10.1. The van der Waals surface area contributed by atoms with Gasteiger partial charge in [0.2, 0.25) is 0 Å². The number of nitrogens with zero attached hydrogens (tertiary/aromatic N) is 1. The van der Waals surface area contributed by atoms with Crippen LogP contribution in [0.2, 0.25) is 0 Å². The summed E-state index contributed by atoms with van der Waals surface area (Å²) < 4.78 is 12.1. The second-order valence-corrected chi connectivity index (χ2v) is 6.98. The van der Waals surface area contributed by atoms with Crippen LogP contribution in [-0.4, -0.2) is 49.6 Å². The van der Waals surface area contributed by atoms with Crippen molar-refractivity contribution in [3.63, 3.8) is 0 Å². The molecule has 0 N–H and O–H groups in total. The van der Waals surface area contributed by atoms with E-state index in [1.54, 1.807) is 30.8 Å². The van der Waals surface area contributed by atoms with Crippen molar-refractivity contribution >= 4 is 29.7 Å². The zero-order chi connectivity index (χ0) is 15.8. The van der Waals surface area contributed by atoms with Gasteiger partial charge < -0.3 is 9.47 Å². The van der Waals surface area contributed by atoms with E-state index in [0.717, 1.165) is 18.0 Å². The van der Waals surface area contributed by atoms with Crippen LogP contribution >= 0.6 is 23.7 Å². The monoisotopic (exact) mass is 329 g/mol. The van der Waals surface area contributed by atoms with Gasteiger partial charge >= 0.3 is 5.97 Å². The molecule has 6 heteroatoms. The standard InChI is InChI=1S/C15H23NO3S2/c1-11-8-13(18-4)9-12(2)15(11)21-16(3)6-7-20-10-14(17)19-5/h8-9H,6-7,10H2,1-5H3. The van der Waals surface area contributed by atoms with E-state index in [2.05, 4.69) is 42.1 Å². The molecule has 118 valence electrons. The number of methoxy groups -OCH3 is 2. The van der Waals surface area contributed by atoms with E-state index in [0.29, 0.717) is 5.75 Å². The van der Waals surface area contributed by atoms with Crippen LogP contribution in [0, 0.1) is 13.8 Å². The highest BCUT2D eigenvalue weighted by molar-refractivity contribution is 8.00. The quantitative estimate of drug-likeness (QED) is 0.414. The summed E-state index contributed by atoms with van der Waals surface area (Å²) >= 11 is 3.32. The third-order valence-electron chi connectivity index (χ3n) is 2.91. The number of rotatable bonds is 8. The first-order valence-electron chi connectivity index (χ1n) is 6.66. The van der Waals surface area contributed by atoms with Gasteiger partial charge in [-0.2, -0.15) is 0 Å². The van der Waals surface area contributed by atoms with Crippen LogP contribution < -0.4 is 4.74 Å². The molecular weight excluding hydrogens is 306 g/mol. The molecule has 0 aromatic heterocycles. The van der Waals surface area contributed by atoms with Crippen LogP contribution in [0.5, 0.6) is 5.75 Å². The van der Waals surface area contributed by atoms with Crippen LogP contribution in [0.25, 0.3) is 0 Å². The summed E-state index contributed by atoms with van der Waals surface area (Å²) in [5.41, 5.74) is 2.43. The Kier molecular flexibility index (Phi) is 8.00. The van der Waals surface area contributed by atoms with E-state index in [4.69, 9.17) is 4.74 Å². The molecule has 0 radical (unpaired) electrons. The number of hydrogen-bond acceptors (Lipinski definition) is 6. The van der Waals surface area contributed by atoms with Gasteiger partial charge in [0.25, 0.3) is 0 Å². The lowest BCUT2D eigenvalue weighted by Gasteiger charge is -2.18. The molecule has 4 nitrogen and oxygen atoms in total. The van der Waals surface area contributed by atoms with Gasteiger partial charge in [-0.05, 0) is 56.1 Å². The molecular formula is C15H23NO3S2. The molecule has 0 saturated heterocycles. The largest absolute Gasteiger partial charge is 0.497 e. The minimum absolute atomic E-state index is 0.169. The molecule has 0 amide bonds.